The molecule has 3 aromatic carbocycles. The van der Waals surface area contributed by atoms with Gasteiger partial charge in [0, 0.05) is 54.2 Å². The van der Waals surface area contributed by atoms with Gasteiger partial charge in [-0.05, 0) is 123 Å². The van der Waals surface area contributed by atoms with E-state index in [1.165, 1.54) is 67.3 Å². The number of nitrogens with zero attached hydrogens (tertiary/aromatic N) is 1. The third-order valence-corrected chi connectivity index (χ3v) is 14.3. The van der Waals surface area contributed by atoms with Crippen molar-refractivity contribution in [1.29, 1.82) is 0 Å². The minimum atomic E-state index is -0.391. The first-order valence-electron chi connectivity index (χ1n) is 18.8. The van der Waals surface area contributed by atoms with Crippen molar-refractivity contribution in [1.82, 2.24) is 4.90 Å². The Balaban J connectivity index is 0.971. The summed E-state index contributed by atoms with van der Waals surface area (Å²) in [4.78, 5) is 2.93. The van der Waals surface area contributed by atoms with Crippen LogP contribution in [0.25, 0.3) is 0 Å². The number of nitrogens with one attached hydrogen (secondary N) is 1. The van der Waals surface area contributed by atoms with Gasteiger partial charge in [0.05, 0.1) is 13.7 Å². The number of hydrogen-bond acceptors (Lipinski definition) is 6. The van der Waals surface area contributed by atoms with Crippen LogP contribution in [-0.2, 0) is 23.1 Å². The molecule has 3 aromatic rings. The molecule has 8 aliphatic rings. The highest BCUT2D eigenvalue weighted by Gasteiger charge is 2.80. The fourth-order valence-electron chi connectivity index (χ4n) is 11.6. The molecule has 11 rings (SSSR count). The summed E-state index contributed by atoms with van der Waals surface area (Å²) in [6.45, 7) is 4.06. The van der Waals surface area contributed by atoms with Crippen LogP contribution in [0, 0.1) is 17.3 Å². The quantitative estimate of drug-likeness (QED) is 0.229. The Morgan fingerprint density at radius 1 is 0.938 bits per heavy atom. The third-order valence-electron chi connectivity index (χ3n) is 14.3. The number of fused-ring (bicyclic) bond motifs is 2. The Labute approximate surface area is 285 Å². The van der Waals surface area contributed by atoms with E-state index in [1.54, 1.807) is 7.11 Å². The maximum absolute atomic E-state index is 7.29. The molecule has 48 heavy (non-hydrogen) atoms. The predicted molar refractivity (Wildman–Crippen MR) is 187 cm³/mol. The van der Waals surface area contributed by atoms with Crippen LogP contribution in [0.1, 0.15) is 86.0 Å². The zero-order valence-electron chi connectivity index (χ0n) is 28.6. The fraction of sp³-hybridized carbons (Fsp3) is 0.571. The van der Waals surface area contributed by atoms with E-state index in [0.717, 1.165) is 80.2 Å². The molecule has 0 unspecified atom stereocenters. The molecule has 0 aromatic heterocycles. The van der Waals surface area contributed by atoms with E-state index in [2.05, 4.69) is 70.9 Å². The monoisotopic (exact) mass is 646 g/mol. The van der Waals surface area contributed by atoms with Gasteiger partial charge in [-0.25, -0.2) is 0 Å². The standard InChI is InChI=1S/C42H50N2O4/c1-45-35-16-13-31-22-36-40-17-18-42(46-2,39-41(40,37(31)38(35)48-39)19-20-44(36)25-28-9-10-28)34(23-40)30-7-4-8-32(21-30)43-24-27-11-14-33(15-12-27)47-26-29-5-3-6-29/h4,7-8,11-16,21,28-29,34,36,39,43H,3,5-6,9-10,17-20,22-26H2,1-2H3/t34-,36-,39-,40-,41+,42-/m1/s1. The molecule has 6 aliphatic carbocycles. The molecule has 6 heteroatoms. The lowest BCUT2D eigenvalue weighted by Crippen LogP contribution is -2.80. The zero-order chi connectivity index (χ0) is 32.1. The number of rotatable bonds is 11. The van der Waals surface area contributed by atoms with E-state index in [0.29, 0.717) is 6.04 Å². The molecular weight excluding hydrogens is 596 g/mol. The van der Waals surface area contributed by atoms with Gasteiger partial charge >= 0.3 is 0 Å². The smallest absolute Gasteiger partial charge is 0.165 e. The summed E-state index contributed by atoms with van der Waals surface area (Å²) in [7, 11) is 3.75. The Hall–Kier alpha value is -3.22. The molecule has 6 fully saturated rings. The normalized spacial score (nSPS) is 34.2. The van der Waals surface area contributed by atoms with Crippen molar-refractivity contribution in [2.24, 2.45) is 17.3 Å². The molecule has 2 spiro atoms. The number of methoxy groups -OCH3 is 2. The molecule has 2 aliphatic heterocycles. The molecule has 1 saturated heterocycles. The Morgan fingerprint density at radius 2 is 1.81 bits per heavy atom. The average molecular weight is 647 g/mol. The predicted octanol–water partition coefficient (Wildman–Crippen LogP) is 7.88. The number of benzene rings is 3. The van der Waals surface area contributed by atoms with Crippen molar-refractivity contribution in [3.8, 4) is 17.2 Å². The first-order valence-corrected chi connectivity index (χ1v) is 18.8. The van der Waals surface area contributed by atoms with Gasteiger partial charge in [0.2, 0.25) is 0 Å². The molecule has 5 saturated carbocycles. The summed E-state index contributed by atoms with van der Waals surface area (Å²) < 4.78 is 26.2. The first-order chi connectivity index (χ1) is 23.6. The van der Waals surface area contributed by atoms with E-state index in [1.807, 2.05) is 7.11 Å². The van der Waals surface area contributed by atoms with Crippen LogP contribution < -0.4 is 19.5 Å². The van der Waals surface area contributed by atoms with Crippen LogP contribution in [-0.4, -0.2) is 56.6 Å². The molecule has 1 N–H and O–H groups in total. The van der Waals surface area contributed by atoms with Gasteiger partial charge in [0.25, 0.3) is 0 Å². The molecule has 6 nitrogen and oxygen atoms in total. The topological polar surface area (TPSA) is 52.2 Å². The molecule has 0 amide bonds. The average Bonchev–Trinajstić information content (AvgIpc) is 3.85. The maximum atomic E-state index is 7.29. The van der Waals surface area contributed by atoms with Gasteiger partial charge in [-0.15, -0.1) is 0 Å². The SMILES string of the molecule is COc1ccc2c3c1O[C@H]1[C@@]4(OC)CC[C@@]5(C[C@@H]4c4cccc(NCc6ccc(OCC7CCC7)cc6)c4)[C@@H](C2)N(CC2CC2)CC[C@]315. The molecular formula is C42H50N2O4. The van der Waals surface area contributed by atoms with Crippen molar-refractivity contribution in [2.75, 3.05) is 39.2 Å². The van der Waals surface area contributed by atoms with Crippen molar-refractivity contribution < 1.29 is 18.9 Å². The lowest BCUT2D eigenvalue weighted by atomic mass is 9.34. The largest absolute Gasteiger partial charge is 0.493 e. The highest BCUT2D eigenvalue weighted by atomic mass is 16.6. The van der Waals surface area contributed by atoms with Gasteiger partial charge < -0.3 is 24.3 Å². The lowest BCUT2D eigenvalue weighted by molar-refractivity contribution is -0.261. The number of piperidine rings is 1. The van der Waals surface area contributed by atoms with Crippen LogP contribution in [0.15, 0.2) is 60.7 Å². The summed E-state index contributed by atoms with van der Waals surface area (Å²) in [5, 5.41) is 3.75. The summed E-state index contributed by atoms with van der Waals surface area (Å²) >= 11 is 0. The summed E-state index contributed by atoms with van der Waals surface area (Å²) in [5.74, 6) is 4.77. The van der Waals surface area contributed by atoms with Crippen LogP contribution in [0.2, 0.25) is 0 Å². The van der Waals surface area contributed by atoms with Crippen molar-refractivity contribution in [3.63, 3.8) is 0 Å². The second-order valence-electron chi connectivity index (χ2n) is 16.3. The summed E-state index contributed by atoms with van der Waals surface area (Å²) in [5.41, 5.74) is 6.51. The molecule has 4 bridgehead atoms. The molecule has 2 heterocycles. The highest BCUT2D eigenvalue weighted by molar-refractivity contribution is 5.64. The summed E-state index contributed by atoms with van der Waals surface area (Å²) in [6, 6.07) is 22.9. The molecule has 6 atom stereocenters. The van der Waals surface area contributed by atoms with Crippen LogP contribution in [0.3, 0.4) is 0 Å². The number of hydrogen-bond donors (Lipinski definition) is 1. The second-order valence-corrected chi connectivity index (χ2v) is 16.3. The van der Waals surface area contributed by atoms with E-state index < -0.39 is 5.60 Å². The minimum Gasteiger partial charge on any atom is -0.493 e. The fourth-order valence-corrected chi connectivity index (χ4v) is 11.6. The van der Waals surface area contributed by atoms with Gasteiger partial charge in [0.1, 0.15) is 17.5 Å². The Bertz CT molecular complexity index is 1720. The number of ether oxygens (including phenoxy) is 4. The van der Waals surface area contributed by atoms with Crippen LogP contribution in [0.4, 0.5) is 5.69 Å². The van der Waals surface area contributed by atoms with E-state index in [4.69, 9.17) is 18.9 Å². The Morgan fingerprint density at radius 3 is 2.58 bits per heavy atom. The van der Waals surface area contributed by atoms with Crippen molar-refractivity contribution >= 4 is 5.69 Å². The molecule has 252 valence electrons. The zero-order valence-corrected chi connectivity index (χ0v) is 28.6. The third kappa shape index (κ3) is 4.11. The highest BCUT2D eigenvalue weighted by Crippen LogP contribution is 2.78. The van der Waals surface area contributed by atoms with Gasteiger partial charge in [-0.2, -0.15) is 0 Å². The van der Waals surface area contributed by atoms with Crippen molar-refractivity contribution in [3.05, 3.63) is 82.9 Å². The summed E-state index contributed by atoms with van der Waals surface area (Å²) in [6.07, 6.45) is 12.4. The Kier molecular flexibility index (Phi) is 6.73. The second kappa shape index (κ2) is 10.9. The number of likely N-dealkylation sites (tertiary alicyclic amines) is 1. The van der Waals surface area contributed by atoms with Crippen LogP contribution >= 0.6 is 0 Å². The minimum absolute atomic E-state index is 0.0138. The van der Waals surface area contributed by atoms with Gasteiger partial charge in [0.15, 0.2) is 11.5 Å². The number of anilines is 1. The van der Waals surface area contributed by atoms with Crippen molar-refractivity contribution in [2.45, 2.75) is 99.8 Å². The van der Waals surface area contributed by atoms with Gasteiger partial charge in [-0.3, -0.25) is 4.90 Å². The maximum Gasteiger partial charge on any atom is 0.165 e. The van der Waals surface area contributed by atoms with Crippen LogP contribution in [0.5, 0.6) is 17.2 Å². The first kappa shape index (κ1) is 29.7. The van der Waals surface area contributed by atoms with Gasteiger partial charge in [-0.1, -0.05) is 36.8 Å². The van der Waals surface area contributed by atoms with E-state index in [9.17, 15) is 0 Å². The molecule has 0 radical (unpaired) electrons. The lowest BCUT2D eigenvalue weighted by Gasteiger charge is -2.74. The van der Waals surface area contributed by atoms with E-state index in [-0.39, 0.29) is 22.9 Å². The van der Waals surface area contributed by atoms with E-state index >= 15 is 0 Å².